The standard InChI is InChI=1S/C6H12N4O2S2/c1-6(2,14(3,11)12)4-10-5(13)7-8-9-10/h4H2,1-3H3,(H,7,9,13). The van der Waals surface area contributed by atoms with Gasteiger partial charge in [-0.2, -0.15) is 5.21 Å². The Hall–Kier alpha value is -0.760. The van der Waals surface area contributed by atoms with Gasteiger partial charge in [0.2, 0.25) is 4.77 Å². The second-order valence-corrected chi connectivity index (χ2v) is 6.72. The molecule has 0 spiro atoms. The van der Waals surface area contributed by atoms with Crippen molar-refractivity contribution in [1.29, 1.82) is 0 Å². The number of hydrogen-bond acceptors (Lipinski definition) is 5. The van der Waals surface area contributed by atoms with Gasteiger partial charge in [0, 0.05) is 6.26 Å². The van der Waals surface area contributed by atoms with Crippen LogP contribution < -0.4 is 0 Å². The van der Waals surface area contributed by atoms with Crippen molar-refractivity contribution in [3.05, 3.63) is 4.77 Å². The van der Waals surface area contributed by atoms with Gasteiger partial charge in [-0.05, 0) is 26.1 Å². The molecule has 80 valence electrons. The Labute approximate surface area is 87.2 Å². The van der Waals surface area contributed by atoms with E-state index in [1.54, 1.807) is 13.8 Å². The number of rotatable bonds is 3. The van der Waals surface area contributed by atoms with E-state index in [0.29, 0.717) is 0 Å². The van der Waals surface area contributed by atoms with Crippen LogP contribution in [0.25, 0.3) is 0 Å². The molecule has 0 saturated carbocycles. The summed E-state index contributed by atoms with van der Waals surface area (Å²) in [6, 6.07) is 0. The van der Waals surface area contributed by atoms with E-state index in [1.165, 1.54) is 10.9 Å². The van der Waals surface area contributed by atoms with Crippen molar-refractivity contribution in [2.75, 3.05) is 6.26 Å². The summed E-state index contributed by atoms with van der Waals surface area (Å²) < 4.78 is 23.6. The topological polar surface area (TPSA) is 80.6 Å². The van der Waals surface area contributed by atoms with E-state index in [9.17, 15) is 8.42 Å². The predicted molar refractivity (Wildman–Crippen MR) is 54.1 cm³/mol. The van der Waals surface area contributed by atoms with Crippen LogP contribution in [0, 0.1) is 4.77 Å². The SMILES string of the molecule is CC(C)(Cn1[nH]nnc1=S)S(C)(=O)=O. The Morgan fingerprint density at radius 3 is 2.50 bits per heavy atom. The molecule has 8 heteroatoms. The molecular formula is C6H12N4O2S2. The van der Waals surface area contributed by atoms with Gasteiger partial charge in [0.15, 0.2) is 9.84 Å². The van der Waals surface area contributed by atoms with Crippen LogP contribution in [0.4, 0.5) is 0 Å². The molecule has 0 atom stereocenters. The largest absolute Gasteiger partial charge is 0.241 e. The van der Waals surface area contributed by atoms with Crippen LogP contribution in [0.15, 0.2) is 0 Å². The maximum atomic E-state index is 11.4. The van der Waals surface area contributed by atoms with Gasteiger partial charge in [0.25, 0.3) is 0 Å². The van der Waals surface area contributed by atoms with E-state index >= 15 is 0 Å². The first-order chi connectivity index (χ1) is 6.24. The lowest BCUT2D eigenvalue weighted by Gasteiger charge is -2.21. The van der Waals surface area contributed by atoms with Crippen LogP contribution in [-0.2, 0) is 16.4 Å². The van der Waals surface area contributed by atoms with Crippen LogP contribution in [0.2, 0.25) is 0 Å². The first-order valence-electron chi connectivity index (χ1n) is 3.91. The minimum absolute atomic E-state index is 0.220. The van der Waals surface area contributed by atoms with Crippen LogP contribution >= 0.6 is 12.2 Å². The molecule has 1 heterocycles. The Kier molecular flexibility index (Phi) is 2.77. The average Bonchev–Trinajstić information content (AvgIpc) is 2.33. The fraction of sp³-hybridized carbons (Fsp3) is 0.833. The first kappa shape index (κ1) is 11.3. The minimum atomic E-state index is -3.14. The molecule has 6 nitrogen and oxygen atoms in total. The maximum Gasteiger partial charge on any atom is 0.238 e. The quantitative estimate of drug-likeness (QED) is 0.756. The van der Waals surface area contributed by atoms with Crippen LogP contribution in [0.5, 0.6) is 0 Å². The highest BCUT2D eigenvalue weighted by Crippen LogP contribution is 2.16. The van der Waals surface area contributed by atoms with Crippen LogP contribution in [0.1, 0.15) is 13.8 Å². The second kappa shape index (κ2) is 3.43. The lowest BCUT2D eigenvalue weighted by atomic mass is 10.2. The maximum absolute atomic E-state index is 11.4. The Balaban J connectivity index is 3.01. The number of aromatic amines is 1. The van der Waals surface area contributed by atoms with E-state index in [2.05, 4.69) is 15.5 Å². The molecule has 0 amide bonds. The third-order valence-corrected chi connectivity index (χ3v) is 4.51. The zero-order chi connectivity index (χ0) is 11.0. The molecule has 0 radical (unpaired) electrons. The summed E-state index contributed by atoms with van der Waals surface area (Å²) in [6.45, 7) is 3.48. The molecule has 0 aliphatic carbocycles. The minimum Gasteiger partial charge on any atom is -0.241 e. The van der Waals surface area contributed by atoms with Crippen molar-refractivity contribution in [2.45, 2.75) is 25.1 Å². The second-order valence-electron chi connectivity index (χ2n) is 3.70. The fourth-order valence-corrected chi connectivity index (χ4v) is 1.33. The van der Waals surface area contributed by atoms with Crippen LogP contribution in [0.3, 0.4) is 0 Å². The lowest BCUT2D eigenvalue weighted by molar-refractivity contribution is 0.466. The van der Waals surface area contributed by atoms with Gasteiger partial charge in [-0.3, -0.25) is 0 Å². The number of aromatic nitrogens is 4. The molecule has 1 aromatic heterocycles. The molecule has 0 aliphatic heterocycles. The van der Waals surface area contributed by atoms with Gasteiger partial charge in [0.05, 0.1) is 11.3 Å². The van der Waals surface area contributed by atoms with Crippen molar-refractivity contribution >= 4 is 22.1 Å². The Bertz CT molecular complexity index is 470. The highest BCUT2D eigenvalue weighted by atomic mass is 32.2. The monoisotopic (exact) mass is 236 g/mol. The summed E-state index contributed by atoms with van der Waals surface area (Å²) in [4.78, 5) is 0. The van der Waals surface area contributed by atoms with Gasteiger partial charge < -0.3 is 0 Å². The number of H-pyrrole nitrogens is 1. The normalized spacial score (nSPS) is 13.1. The molecule has 0 saturated heterocycles. The molecule has 1 rings (SSSR count). The highest BCUT2D eigenvalue weighted by molar-refractivity contribution is 7.92. The predicted octanol–water partition coefficient (Wildman–Crippen LogP) is 0.159. The molecular weight excluding hydrogens is 224 g/mol. The zero-order valence-corrected chi connectivity index (χ0v) is 9.81. The Morgan fingerprint density at radius 1 is 1.57 bits per heavy atom. The highest BCUT2D eigenvalue weighted by Gasteiger charge is 2.31. The van der Waals surface area contributed by atoms with Gasteiger partial charge in [-0.1, -0.05) is 10.3 Å². The van der Waals surface area contributed by atoms with Crippen molar-refractivity contribution in [3.8, 4) is 0 Å². The van der Waals surface area contributed by atoms with Gasteiger partial charge in [0.1, 0.15) is 0 Å². The molecule has 0 bridgehead atoms. The van der Waals surface area contributed by atoms with E-state index < -0.39 is 14.6 Å². The van der Waals surface area contributed by atoms with Gasteiger partial charge in [-0.15, -0.1) is 0 Å². The third-order valence-electron chi connectivity index (χ3n) is 2.07. The van der Waals surface area contributed by atoms with Gasteiger partial charge >= 0.3 is 0 Å². The molecule has 0 unspecified atom stereocenters. The first-order valence-corrected chi connectivity index (χ1v) is 6.21. The number of tetrazole rings is 1. The molecule has 1 aromatic rings. The van der Waals surface area contributed by atoms with Crippen molar-refractivity contribution in [2.24, 2.45) is 0 Å². The number of hydrogen-bond donors (Lipinski definition) is 1. The number of sulfone groups is 1. The summed E-state index contributed by atoms with van der Waals surface area (Å²) in [5.74, 6) is 0. The number of nitrogens with one attached hydrogen (secondary N) is 1. The summed E-state index contributed by atoms with van der Waals surface area (Å²) in [6.07, 6.45) is 1.19. The van der Waals surface area contributed by atoms with Crippen molar-refractivity contribution in [3.63, 3.8) is 0 Å². The van der Waals surface area contributed by atoms with E-state index in [1.807, 2.05) is 0 Å². The summed E-state index contributed by atoms with van der Waals surface area (Å²) >= 11 is 4.84. The molecule has 0 fully saturated rings. The molecule has 1 N–H and O–H groups in total. The Morgan fingerprint density at radius 2 is 2.14 bits per heavy atom. The van der Waals surface area contributed by atoms with Crippen molar-refractivity contribution < 1.29 is 8.42 Å². The third kappa shape index (κ3) is 2.18. The summed E-state index contributed by atoms with van der Waals surface area (Å²) in [5.41, 5.74) is 0. The lowest BCUT2D eigenvalue weighted by Crippen LogP contribution is -2.36. The molecule has 0 aliphatic rings. The van der Waals surface area contributed by atoms with Gasteiger partial charge in [-0.25, -0.2) is 13.1 Å². The summed E-state index contributed by atoms with van der Waals surface area (Å²) in [7, 11) is -3.14. The fourth-order valence-electron chi connectivity index (χ4n) is 0.817. The van der Waals surface area contributed by atoms with E-state index in [4.69, 9.17) is 12.2 Å². The number of nitrogens with zero attached hydrogens (tertiary/aromatic N) is 3. The van der Waals surface area contributed by atoms with E-state index in [0.717, 1.165) is 0 Å². The average molecular weight is 236 g/mol. The summed E-state index contributed by atoms with van der Waals surface area (Å²) in [5, 5.41) is 9.56. The molecule has 14 heavy (non-hydrogen) atoms. The van der Waals surface area contributed by atoms with Crippen LogP contribution in [-0.4, -0.2) is 39.6 Å². The smallest absolute Gasteiger partial charge is 0.238 e. The molecule has 0 aromatic carbocycles. The van der Waals surface area contributed by atoms with Crippen molar-refractivity contribution in [1.82, 2.24) is 20.2 Å². The van der Waals surface area contributed by atoms with E-state index in [-0.39, 0.29) is 11.3 Å². The zero-order valence-electron chi connectivity index (χ0n) is 8.18.